The van der Waals surface area contributed by atoms with E-state index in [1.54, 1.807) is 0 Å². The largest absolute Gasteiger partial charge is 0.382 e. The molecule has 17 heavy (non-hydrogen) atoms. The molecule has 2 rings (SSSR count). The third kappa shape index (κ3) is 3.21. The molecule has 2 unspecified atom stereocenters. The lowest BCUT2D eigenvalue weighted by atomic mass is 9.91. The molecular weight excluding hydrogens is 325 g/mol. The molecule has 0 saturated heterocycles. The molecule has 1 fully saturated rings. The normalized spacial score (nSPS) is 26.8. The Kier molecular flexibility index (Phi) is 3.76. The van der Waals surface area contributed by atoms with Crippen LogP contribution in [0.3, 0.4) is 0 Å². The van der Waals surface area contributed by atoms with Crippen LogP contribution in [0.1, 0.15) is 26.7 Å². The van der Waals surface area contributed by atoms with Gasteiger partial charge < -0.3 is 5.32 Å². The van der Waals surface area contributed by atoms with Gasteiger partial charge in [-0.3, -0.25) is 4.79 Å². The first-order valence-electron chi connectivity index (χ1n) is 5.99. The van der Waals surface area contributed by atoms with Gasteiger partial charge in [-0.1, -0.05) is 32.0 Å². The number of rotatable bonds is 3. The molecule has 0 amide bonds. The molecule has 0 aliphatic heterocycles. The number of nitrogens with one attached hydrogen (secondary N) is 1. The lowest BCUT2D eigenvalue weighted by Gasteiger charge is -2.19. The zero-order valence-corrected chi connectivity index (χ0v) is 12.4. The molecule has 0 bridgehead atoms. The maximum atomic E-state index is 11.7. The highest BCUT2D eigenvalue weighted by atomic mass is 127. The molecule has 1 aliphatic carbocycles. The Morgan fingerprint density at radius 3 is 2.53 bits per heavy atom. The Morgan fingerprint density at radius 1 is 1.29 bits per heavy atom. The second-order valence-corrected chi connectivity index (χ2v) is 6.66. The van der Waals surface area contributed by atoms with Gasteiger partial charge in [-0.2, -0.15) is 0 Å². The first-order valence-corrected chi connectivity index (χ1v) is 7.07. The van der Waals surface area contributed by atoms with Crippen LogP contribution in [-0.4, -0.2) is 9.83 Å². The fourth-order valence-corrected chi connectivity index (χ4v) is 3.35. The smallest absolute Gasteiger partial charge is 0.197 e. The molecular formula is C14H18INO. The van der Waals surface area contributed by atoms with E-state index in [9.17, 15) is 4.79 Å². The topological polar surface area (TPSA) is 29.1 Å². The van der Waals surface area contributed by atoms with E-state index < -0.39 is 0 Å². The van der Waals surface area contributed by atoms with Crippen molar-refractivity contribution in [2.24, 2.45) is 11.3 Å². The SMILES string of the molecule is CC1(C)CC(Nc2ccccc2)C(C(=O)I)C1. The van der Waals surface area contributed by atoms with Crippen molar-refractivity contribution in [2.45, 2.75) is 32.7 Å². The molecule has 1 aromatic carbocycles. The minimum atomic E-state index is 0.144. The van der Waals surface area contributed by atoms with Crippen LogP contribution in [0, 0.1) is 11.3 Å². The van der Waals surface area contributed by atoms with Gasteiger partial charge in [-0.15, -0.1) is 0 Å². The Morgan fingerprint density at radius 2 is 1.94 bits per heavy atom. The average molecular weight is 343 g/mol. The lowest BCUT2D eigenvalue weighted by Crippen LogP contribution is -2.27. The summed E-state index contributed by atoms with van der Waals surface area (Å²) in [5.74, 6) is 0.144. The van der Waals surface area contributed by atoms with Crippen molar-refractivity contribution in [3.63, 3.8) is 0 Å². The zero-order chi connectivity index (χ0) is 12.5. The second kappa shape index (κ2) is 4.96. The van der Waals surface area contributed by atoms with Crippen molar-refractivity contribution >= 4 is 32.1 Å². The van der Waals surface area contributed by atoms with Gasteiger partial charge in [-0.05, 0) is 53.0 Å². The van der Waals surface area contributed by atoms with E-state index in [1.807, 2.05) is 40.8 Å². The van der Waals surface area contributed by atoms with E-state index in [-0.39, 0.29) is 21.2 Å². The first kappa shape index (κ1) is 12.9. The maximum absolute atomic E-state index is 11.7. The summed E-state index contributed by atoms with van der Waals surface area (Å²) in [5.41, 5.74) is 1.37. The highest BCUT2D eigenvalue weighted by Crippen LogP contribution is 2.43. The fraction of sp³-hybridized carbons (Fsp3) is 0.500. The van der Waals surface area contributed by atoms with Crippen molar-refractivity contribution in [2.75, 3.05) is 5.32 Å². The van der Waals surface area contributed by atoms with E-state index in [4.69, 9.17) is 0 Å². The Hall–Kier alpha value is -0.580. The third-order valence-electron chi connectivity index (χ3n) is 3.45. The van der Waals surface area contributed by atoms with Gasteiger partial charge in [0.05, 0.1) is 0 Å². The van der Waals surface area contributed by atoms with Gasteiger partial charge in [0.15, 0.2) is 3.79 Å². The van der Waals surface area contributed by atoms with Crippen LogP contribution in [0.4, 0.5) is 5.69 Å². The molecule has 1 aliphatic rings. The van der Waals surface area contributed by atoms with E-state index in [0.717, 1.165) is 18.5 Å². The molecule has 0 radical (unpaired) electrons. The molecule has 0 aromatic heterocycles. The van der Waals surface area contributed by atoms with Crippen molar-refractivity contribution in [3.05, 3.63) is 30.3 Å². The Labute approximate surface area is 116 Å². The predicted octanol–water partition coefficient (Wildman–Crippen LogP) is 3.86. The summed E-state index contributed by atoms with van der Waals surface area (Å²) in [5, 5.41) is 3.50. The quantitative estimate of drug-likeness (QED) is 0.667. The van der Waals surface area contributed by atoms with Gasteiger partial charge in [-0.25, -0.2) is 0 Å². The van der Waals surface area contributed by atoms with Gasteiger partial charge in [0, 0.05) is 17.6 Å². The summed E-state index contributed by atoms with van der Waals surface area (Å²) >= 11 is 1.94. The van der Waals surface area contributed by atoms with Crippen LogP contribution in [0.25, 0.3) is 0 Å². The van der Waals surface area contributed by atoms with Gasteiger partial charge in [0.1, 0.15) is 0 Å². The number of para-hydroxylation sites is 1. The summed E-state index contributed by atoms with van der Waals surface area (Å²) in [6.45, 7) is 4.48. The molecule has 1 saturated carbocycles. The fourth-order valence-electron chi connectivity index (χ4n) is 2.70. The highest BCUT2D eigenvalue weighted by Gasteiger charge is 2.41. The zero-order valence-electron chi connectivity index (χ0n) is 10.2. The van der Waals surface area contributed by atoms with Gasteiger partial charge in [0.2, 0.25) is 0 Å². The van der Waals surface area contributed by atoms with Crippen molar-refractivity contribution in [1.29, 1.82) is 0 Å². The third-order valence-corrected chi connectivity index (χ3v) is 4.25. The number of hydrogen-bond donors (Lipinski definition) is 1. The molecule has 2 atom stereocenters. The first-order chi connectivity index (χ1) is 7.98. The predicted molar refractivity (Wildman–Crippen MR) is 79.4 cm³/mol. The van der Waals surface area contributed by atoms with Crippen LogP contribution in [0.15, 0.2) is 30.3 Å². The minimum absolute atomic E-state index is 0.144. The van der Waals surface area contributed by atoms with E-state index in [1.165, 1.54) is 0 Å². The van der Waals surface area contributed by atoms with E-state index >= 15 is 0 Å². The number of hydrogen-bond acceptors (Lipinski definition) is 2. The number of carbonyl (C=O) groups is 1. The van der Waals surface area contributed by atoms with Crippen LogP contribution < -0.4 is 5.32 Å². The summed E-state index contributed by atoms with van der Waals surface area (Å²) in [6, 6.07) is 10.4. The van der Waals surface area contributed by atoms with Crippen molar-refractivity contribution in [3.8, 4) is 0 Å². The summed E-state index contributed by atoms with van der Waals surface area (Å²) in [6.07, 6.45) is 2.04. The van der Waals surface area contributed by atoms with E-state index in [2.05, 4.69) is 31.3 Å². The highest BCUT2D eigenvalue weighted by molar-refractivity contribution is 14.1. The van der Waals surface area contributed by atoms with E-state index in [0.29, 0.717) is 0 Å². The Bertz CT molecular complexity index is 402. The molecule has 3 heteroatoms. The molecule has 0 spiro atoms. The molecule has 1 aromatic rings. The summed E-state index contributed by atoms with van der Waals surface area (Å²) in [4.78, 5) is 11.7. The van der Waals surface area contributed by atoms with Crippen molar-refractivity contribution in [1.82, 2.24) is 0 Å². The van der Waals surface area contributed by atoms with Crippen LogP contribution >= 0.6 is 22.6 Å². The van der Waals surface area contributed by atoms with Crippen molar-refractivity contribution < 1.29 is 4.79 Å². The Balaban J connectivity index is 2.12. The maximum Gasteiger partial charge on any atom is 0.197 e. The van der Waals surface area contributed by atoms with Gasteiger partial charge >= 0.3 is 0 Å². The monoisotopic (exact) mass is 343 g/mol. The summed E-state index contributed by atoms with van der Waals surface area (Å²) < 4.78 is 0.279. The standard InChI is InChI=1S/C14H18INO/c1-14(2)8-11(13(15)17)12(9-14)16-10-6-4-3-5-7-10/h3-7,11-12,16H,8-9H2,1-2H3. The van der Waals surface area contributed by atoms with Crippen LogP contribution in [0.2, 0.25) is 0 Å². The van der Waals surface area contributed by atoms with Gasteiger partial charge in [0.25, 0.3) is 0 Å². The number of halogens is 1. The number of anilines is 1. The molecule has 1 N–H and O–H groups in total. The number of carbonyl (C=O) groups excluding carboxylic acids is 1. The van der Waals surface area contributed by atoms with Crippen LogP contribution in [-0.2, 0) is 4.79 Å². The molecule has 92 valence electrons. The van der Waals surface area contributed by atoms with Crippen LogP contribution in [0.5, 0.6) is 0 Å². The second-order valence-electron chi connectivity index (χ2n) is 5.60. The lowest BCUT2D eigenvalue weighted by molar-refractivity contribution is -0.112. The average Bonchev–Trinajstić information content (AvgIpc) is 2.55. The molecule has 2 nitrogen and oxygen atoms in total. The summed E-state index contributed by atoms with van der Waals surface area (Å²) in [7, 11) is 0. The molecule has 0 heterocycles. The minimum Gasteiger partial charge on any atom is -0.382 e. The number of benzene rings is 1.